The van der Waals surface area contributed by atoms with Gasteiger partial charge in [-0.05, 0) is 13.8 Å². The number of rotatable bonds is 1. The second-order valence-electron chi connectivity index (χ2n) is 3.13. The predicted molar refractivity (Wildman–Crippen MR) is 48.1 cm³/mol. The van der Waals surface area contributed by atoms with E-state index in [1.54, 1.807) is 12.4 Å². The van der Waals surface area contributed by atoms with Gasteiger partial charge in [0.05, 0.1) is 6.67 Å². The molecule has 0 atom stereocenters. The van der Waals surface area contributed by atoms with Gasteiger partial charge < -0.3 is 10.2 Å². The van der Waals surface area contributed by atoms with E-state index in [0.717, 1.165) is 18.3 Å². The number of nitrogens with one attached hydrogen (secondary N) is 1. The van der Waals surface area contributed by atoms with E-state index < -0.39 is 0 Å². The van der Waals surface area contributed by atoms with Gasteiger partial charge in [0, 0.05) is 18.4 Å². The molecule has 64 valence electrons. The van der Waals surface area contributed by atoms with Crippen molar-refractivity contribution in [3.8, 4) is 0 Å². The minimum atomic E-state index is 0.468. The van der Waals surface area contributed by atoms with Gasteiger partial charge in [-0.3, -0.25) is 0 Å². The van der Waals surface area contributed by atoms with E-state index in [2.05, 4.69) is 34.0 Å². The Balaban J connectivity index is 2.36. The number of hydrogen-bond donors (Lipinski definition) is 1. The average molecular weight is 164 g/mol. The fourth-order valence-corrected chi connectivity index (χ4v) is 1.33. The summed E-state index contributed by atoms with van der Waals surface area (Å²) in [6.45, 7) is 5.11. The number of hydrogen-bond acceptors (Lipinski definition) is 4. The first-order valence-corrected chi connectivity index (χ1v) is 4.10. The summed E-state index contributed by atoms with van der Waals surface area (Å²) < 4.78 is 0. The lowest BCUT2D eigenvalue weighted by molar-refractivity contribution is 0.718. The van der Waals surface area contributed by atoms with Crippen LogP contribution in [0.3, 0.4) is 0 Å². The van der Waals surface area contributed by atoms with Crippen LogP contribution in [-0.2, 0) is 0 Å². The van der Waals surface area contributed by atoms with Crippen LogP contribution in [-0.4, -0.2) is 22.7 Å². The maximum atomic E-state index is 4.26. The van der Waals surface area contributed by atoms with E-state index in [0.29, 0.717) is 6.04 Å². The second-order valence-corrected chi connectivity index (χ2v) is 3.13. The normalized spacial score (nSPS) is 14.8. The molecule has 0 unspecified atom stereocenters. The molecule has 12 heavy (non-hydrogen) atoms. The van der Waals surface area contributed by atoms with Crippen molar-refractivity contribution in [2.24, 2.45) is 0 Å². The van der Waals surface area contributed by atoms with Crippen LogP contribution < -0.4 is 10.2 Å². The van der Waals surface area contributed by atoms with Gasteiger partial charge in [-0.25, -0.2) is 9.97 Å². The van der Waals surface area contributed by atoms with E-state index in [1.807, 2.05) is 0 Å². The van der Waals surface area contributed by atoms with Crippen LogP contribution >= 0.6 is 0 Å². The molecule has 1 aliphatic rings. The number of nitrogens with zero attached hydrogens (tertiary/aromatic N) is 3. The zero-order chi connectivity index (χ0) is 8.55. The summed E-state index contributed by atoms with van der Waals surface area (Å²) in [5.74, 6) is 1.86. The Morgan fingerprint density at radius 2 is 2.17 bits per heavy atom. The first-order chi connectivity index (χ1) is 5.79. The summed E-state index contributed by atoms with van der Waals surface area (Å²) in [4.78, 5) is 10.6. The Kier molecular flexibility index (Phi) is 1.60. The van der Waals surface area contributed by atoms with Crippen molar-refractivity contribution in [3.05, 3.63) is 12.4 Å². The van der Waals surface area contributed by atoms with Crippen LogP contribution in [0.25, 0.3) is 0 Å². The number of fused-ring (bicyclic) bond motifs is 1. The summed E-state index contributed by atoms with van der Waals surface area (Å²) in [5, 5.41) is 3.18. The van der Waals surface area contributed by atoms with Crippen molar-refractivity contribution in [1.29, 1.82) is 0 Å². The molecule has 0 aromatic carbocycles. The third kappa shape index (κ3) is 0.995. The molecule has 0 fully saturated rings. The largest absolute Gasteiger partial charge is 0.350 e. The van der Waals surface area contributed by atoms with Crippen molar-refractivity contribution in [3.63, 3.8) is 0 Å². The molecule has 1 aromatic heterocycles. The highest BCUT2D eigenvalue weighted by atomic mass is 15.4. The number of anilines is 2. The molecular formula is C8H12N4. The van der Waals surface area contributed by atoms with Gasteiger partial charge in [0.1, 0.15) is 0 Å². The van der Waals surface area contributed by atoms with Gasteiger partial charge in [-0.1, -0.05) is 0 Å². The van der Waals surface area contributed by atoms with E-state index in [4.69, 9.17) is 0 Å². The Morgan fingerprint density at radius 1 is 1.42 bits per heavy atom. The van der Waals surface area contributed by atoms with Crippen LogP contribution in [0.1, 0.15) is 13.8 Å². The fraction of sp³-hybridized carbons (Fsp3) is 0.500. The highest BCUT2D eigenvalue weighted by Crippen LogP contribution is 2.26. The van der Waals surface area contributed by atoms with Crippen LogP contribution in [0, 0.1) is 0 Å². The molecule has 0 bridgehead atoms. The Bertz CT molecular complexity index is 284. The maximum Gasteiger partial charge on any atom is 0.173 e. The SMILES string of the molecule is CC(C)N1CNc2nccnc21. The molecule has 0 saturated carbocycles. The van der Waals surface area contributed by atoms with E-state index in [-0.39, 0.29) is 0 Å². The first kappa shape index (κ1) is 7.34. The number of aromatic nitrogens is 2. The smallest absolute Gasteiger partial charge is 0.173 e. The van der Waals surface area contributed by atoms with Crippen LogP contribution in [0.2, 0.25) is 0 Å². The zero-order valence-corrected chi connectivity index (χ0v) is 7.28. The maximum absolute atomic E-state index is 4.26. The van der Waals surface area contributed by atoms with E-state index in [9.17, 15) is 0 Å². The lowest BCUT2D eigenvalue weighted by Crippen LogP contribution is -2.30. The molecule has 0 amide bonds. The Morgan fingerprint density at radius 3 is 2.92 bits per heavy atom. The van der Waals surface area contributed by atoms with Crippen molar-refractivity contribution in [1.82, 2.24) is 9.97 Å². The first-order valence-electron chi connectivity index (χ1n) is 4.10. The molecule has 0 radical (unpaired) electrons. The van der Waals surface area contributed by atoms with E-state index in [1.165, 1.54) is 0 Å². The van der Waals surface area contributed by atoms with Crippen LogP contribution in [0.4, 0.5) is 11.6 Å². The fourth-order valence-electron chi connectivity index (χ4n) is 1.33. The molecule has 1 N–H and O–H groups in total. The molecule has 0 aliphatic carbocycles. The standard InChI is InChI=1S/C8H12N4/c1-6(2)12-5-11-7-8(12)10-4-3-9-7/h3-4,6H,5H2,1-2H3,(H,9,11). The van der Waals surface area contributed by atoms with Crippen molar-refractivity contribution >= 4 is 11.6 Å². The minimum absolute atomic E-state index is 0.468. The third-order valence-corrected chi connectivity index (χ3v) is 1.99. The highest BCUT2D eigenvalue weighted by molar-refractivity contribution is 5.66. The topological polar surface area (TPSA) is 41.0 Å². The lowest BCUT2D eigenvalue weighted by atomic mass is 10.3. The van der Waals surface area contributed by atoms with Gasteiger partial charge in [0.25, 0.3) is 0 Å². The zero-order valence-electron chi connectivity index (χ0n) is 7.28. The Hall–Kier alpha value is -1.32. The van der Waals surface area contributed by atoms with Gasteiger partial charge in [-0.15, -0.1) is 0 Å². The molecule has 4 heteroatoms. The molecule has 0 saturated heterocycles. The monoisotopic (exact) mass is 164 g/mol. The molecule has 2 heterocycles. The van der Waals surface area contributed by atoms with Gasteiger partial charge in [0.15, 0.2) is 11.6 Å². The van der Waals surface area contributed by atoms with Crippen molar-refractivity contribution < 1.29 is 0 Å². The van der Waals surface area contributed by atoms with Gasteiger partial charge >= 0.3 is 0 Å². The molecule has 2 rings (SSSR count). The van der Waals surface area contributed by atoms with Gasteiger partial charge in [-0.2, -0.15) is 0 Å². The van der Waals surface area contributed by atoms with Crippen LogP contribution in [0.5, 0.6) is 0 Å². The molecule has 4 nitrogen and oxygen atoms in total. The summed E-state index contributed by atoms with van der Waals surface area (Å²) in [7, 11) is 0. The average Bonchev–Trinajstić information content (AvgIpc) is 2.47. The van der Waals surface area contributed by atoms with Crippen LogP contribution in [0.15, 0.2) is 12.4 Å². The molecule has 1 aromatic rings. The van der Waals surface area contributed by atoms with Crippen molar-refractivity contribution in [2.45, 2.75) is 19.9 Å². The summed E-state index contributed by atoms with van der Waals surface area (Å²) in [6, 6.07) is 0.468. The summed E-state index contributed by atoms with van der Waals surface area (Å²) >= 11 is 0. The molecule has 1 aliphatic heterocycles. The molecular weight excluding hydrogens is 152 g/mol. The quantitative estimate of drug-likeness (QED) is 0.674. The second kappa shape index (κ2) is 2.62. The third-order valence-electron chi connectivity index (χ3n) is 1.99. The minimum Gasteiger partial charge on any atom is -0.350 e. The van der Waals surface area contributed by atoms with E-state index >= 15 is 0 Å². The lowest BCUT2D eigenvalue weighted by Gasteiger charge is -2.20. The van der Waals surface area contributed by atoms with Gasteiger partial charge in [0.2, 0.25) is 0 Å². The summed E-state index contributed by atoms with van der Waals surface area (Å²) in [6.07, 6.45) is 3.43. The molecule has 0 spiro atoms. The Labute approximate surface area is 71.6 Å². The predicted octanol–water partition coefficient (Wildman–Crippen LogP) is 1.07. The van der Waals surface area contributed by atoms with Crippen molar-refractivity contribution in [2.75, 3.05) is 16.9 Å². The highest BCUT2D eigenvalue weighted by Gasteiger charge is 2.22. The summed E-state index contributed by atoms with van der Waals surface area (Å²) in [5.41, 5.74) is 0.